The van der Waals surface area contributed by atoms with Crippen LogP contribution in [0.5, 0.6) is 0 Å². The minimum Gasteiger partial charge on any atom is -0.382 e. The normalized spacial score (nSPS) is 19.2. The van der Waals surface area contributed by atoms with Crippen molar-refractivity contribution in [2.24, 2.45) is 5.73 Å². The van der Waals surface area contributed by atoms with Gasteiger partial charge in [-0.2, -0.15) is 23.5 Å². The number of amides is 1. The number of primary amides is 1. The van der Waals surface area contributed by atoms with E-state index in [9.17, 15) is 18.0 Å². The summed E-state index contributed by atoms with van der Waals surface area (Å²) < 4.78 is 41.3. The Kier molecular flexibility index (Phi) is 5.27. The predicted molar refractivity (Wildman–Crippen MR) is 107 cm³/mol. The van der Waals surface area contributed by atoms with E-state index < -0.39 is 23.2 Å². The summed E-state index contributed by atoms with van der Waals surface area (Å²) in [6.07, 6.45) is 1.47. The summed E-state index contributed by atoms with van der Waals surface area (Å²) in [6.45, 7) is 0. The molecule has 10 heteroatoms. The molecule has 0 unspecified atom stereocenters. The summed E-state index contributed by atoms with van der Waals surface area (Å²) in [5, 5.41) is 17.1. The number of benzene rings is 1. The fourth-order valence-electron chi connectivity index (χ4n) is 4.10. The highest BCUT2D eigenvalue weighted by molar-refractivity contribution is 6.04. The molecule has 1 aromatic carbocycles. The highest BCUT2D eigenvalue weighted by atomic mass is 19.4. The average molecular weight is 428 g/mol. The molecule has 2 heterocycles. The van der Waals surface area contributed by atoms with Crippen LogP contribution in [0.15, 0.2) is 36.7 Å². The van der Waals surface area contributed by atoms with Gasteiger partial charge in [0.1, 0.15) is 0 Å². The summed E-state index contributed by atoms with van der Waals surface area (Å²) in [5.74, 6) is -0.541. The largest absolute Gasteiger partial charge is 0.417 e. The van der Waals surface area contributed by atoms with Gasteiger partial charge < -0.3 is 11.1 Å². The first-order valence-corrected chi connectivity index (χ1v) is 9.78. The zero-order chi connectivity index (χ0) is 22.2. The molecule has 3 N–H and O–H groups in total. The average Bonchev–Trinajstić information content (AvgIpc) is 3.17. The van der Waals surface area contributed by atoms with E-state index in [2.05, 4.69) is 15.4 Å². The summed E-state index contributed by atoms with van der Waals surface area (Å²) in [5.41, 5.74) is 5.38. The molecule has 1 aliphatic rings. The molecule has 0 bridgehead atoms. The standard InChI is InChI=1S/C21H19F3N6O/c22-21(23,24)18-9-14(2-1-12(18)10-25)29-13-3-5-15(6-4-13)30-20-17(11-28-30)16(19(26)31)7-8-27-20/h1-2,7-9,11,13,15,29H,3-6H2,(H2,26,31). The number of anilines is 1. The third-order valence-electron chi connectivity index (χ3n) is 5.62. The van der Waals surface area contributed by atoms with Gasteiger partial charge in [0.05, 0.1) is 40.4 Å². The van der Waals surface area contributed by atoms with Crippen LogP contribution in [-0.4, -0.2) is 26.7 Å². The number of halogens is 3. The maximum absolute atomic E-state index is 13.2. The summed E-state index contributed by atoms with van der Waals surface area (Å²) in [4.78, 5) is 15.9. The van der Waals surface area contributed by atoms with Crippen molar-refractivity contribution in [2.45, 2.75) is 43.9 Å². The lowest BCUT2D eigenvalue weighted by molar-refractivity contribution is -0.137. The molecule has 0 spiro atoms. The van der Waals surface area contributed by atoms with Crippen molar-refractivity contribution in [1.82, 2.24) is 14.8 Å². The predicted octanol–water partition coefficient (Wildman–Crippen LogP) is 4.02. The molecule has 31 heavy (non-hydrogen) atoms. The first kappa shape index (κ1) is 20.7. The lowest BCUT2D eigenvalue weighted by Crippen LogP contribution is -2.28. The van der Waals surface area contributed by atoms with Crippen LogP contribution in [0.1, 0.15) is 53.2 Å². The second-order valence-electron chi connectivity index (χ2n) is 7.57. The van der Waals surface area contributed by atoms with E-state index in [0.29, 0.717) is 22.3 Å². The SMILES string of the molecule is N#Cc1ccc(NC2CCC(n3ncc4c(C(N)=O)ccnc43)CC2)cc1C(F)(F)F. The molecule has 7 nitrogen and oxygen atoms in total. The van der Waals surface area contributed by atoms with Gasteiger partial charge in [0.2, 0.25) is 5.91 Å². The van der Waals surface area contributed by atoms with Crippen LogP contribution in [0.2, 0.25) is 0 Å². The van der Waals surface area contributed by atoms with Crippen molar-refractivity contribution in [3.63, 3.8) is 0 Å². The number of carbonyl (C=O) groups is 1. The quantitative estimate of drug-likeness (QED) is 0.652. The third-order valence-corrected chi connectivity index (χ3v) is 5.62. The Morgan fingerprint density at radius 2 is 1.97 bits per heavy atom. The number of alkyl halides is 3. The van der Waals surface area contributed by atoms with Crippen molar-refractivity contribution in [3.8, 4) is 6.07 Å². The Balaban J connectivity index is 1.47. The van der Waals surface area contributed by atoms with Gasteiger partial charge in [-0.05, 0) is 49.9 Å². The van der Waals surface area contributed by atoms with Gasteiger partial charge in [-0.25, -0.2) is 9.67 Å². The number of fused-ring (bicyclic) bond motifs is 1. The van der Waals surface area contributed by atoms with Crippen molar-refractivity contribution >= 4 is 22.6 Å². The topological polar surface area (TPSA) is 110 Å². The zero-order valence-corrected chi connectivity index (χ0v) is 16.4. The van der Waals surface area contributed by atoms with Crippen LogP contribution < -0.4 is 11.1 Å². The Bertz CT molecular complexity index is 1170. The maximum atomic E-state index is 13.2. The molecule has 0 atom stereocenters. The number of nitrogens with two attached hydrogens (primary N) is 1. The minimum absolute atomic E-state index is 0.00114. The number of hydrogen-bond donors (Lipinski definition) is 2. The Hall–Kier alpha value is -3.61. The van der Waals surface area contributed by atoms with Gasteiger partial charge in [0.15, 0.2) is 5.65 Å². The number of nitriles is 1. The number of hydrogen-bond acceptors (Lipinski definition) is 5. The molecule has 4 rings (SSSR count). The molecule has 1 fully saturated rings. The lowest BCUT2D eigenvalue weighted by atomic mass is 9.91. The summed E-state index contributed by atoms with van der Waals surface area (Å²) in [7, 11) is 0. The number of pyridine rings is 1. The van der Waals surface area contributed by atoms with E-state index in [1.54, 1.807) is 23.0 Å². The molecule has 1 amide bonds. The molecule has 1 saturated carbocycles. The smallest absolute Gasteiger partial charge is 0.382 e. The molecule has 160 valence electrons. The van der Waals surface area contributed by atoms with Gasteiger partial charge in [0.25, 0.3) is 0 Å². The summed E-state index contributed by atoms with van der Waals surface area (Å²) >= 11 is 0. The molecule has 0 radical (unpaired) electrons. The molecule has 0 saturated heterocycles. The van der Waals surface area contributed by atoms with Crippen LogP contribution in [0.25, 0.3) is 11.0 Å². The van der Waals surface area contributed by atoms with E-state index in [0.717, 1.165) is 31.7 Å². The van der Waals surface area contributed by atoms with Crippen molar-refractivity contribution in [3.05, 3.63) is 53.3 Å². The highest BCUT2D eigenvalue weighted by Gasteiger charge is 2.34. The second-order valence-corrected chi connectivity index (χ2v) is 7.57. The Labute approximate surface area is 175 Å². The fourth-order valence-corrected chi connectivity index (χ4v) is 4.10. The van der Waals surface area contributed by atoms with Crippen LogP contribution in [0, 0.1) is 11.3 Å². The molecular formula is C21H19F3N6O. The molecule has 3 aromatic rings. The second kappa shape index (κ2) is 7.91. The van der Waals surface area contributed by atoms with Crippen LogP contribution in [0.4, 0.5) is 18.9 Å². The first-order valence-electron chi connectivity index (χ1n) is 9.78. The Morgan fingerprint density at radius 1 is 1.23 bits per heavy atom. The van der Waals surface area contributed by atoms with Crippen LogP contribution in [-0.2, 0) is 6.18 Å². The molecule has 1 aliphatic carbocycles. The number of rotatable bonds is 4. The number of aromatic nitrogens is 3. The van der Waals surface area contributed by atoms with E-state index in [4.69, 9.17) is 11.0 Å². The minimum atomic E-state index is -4.58. The van der Waals surface area contributed by atoms with Crippen molar-refractivity contribution < 1.29 is 18.0 Å². The van der Waals surface area contributed by atoms with Gasteiger partial charge in [-0.3, -0.25) is 4.79 Å². The van der Waals surface area contributed by atoms with E-state index >= 15 is 0 Å². The molecule has 2 aromatic heterocycles. The maximum Gasteiger partial charge on any atom is 0.417 e. The van der Waals surface area contributed by atoms with E-state index in [-0.39, 0.29) is 12.1 Å². The van der Waals surface area contributed by atoms with Gasteiger partial charge >= 0.3 is 6.18 Å². The van der Waals surface area contributed by atoms with Gasteiger partial charge in [-0.15, -0.1) is 0 Å². The molecule has 0 aliphatic heterocycles. The lowest BCUT2D eigenvalue weighted by Gasteiger charge is -2.30. The molecular weight excluding hydrogens is 409 g/mol. The monoisotopic (exact) mass is 428 g/mol. The summed E-state index contributed by atoms with van der Waals surface area (Å²) in [6, 6.07) is 6.89. The van der Waals surface area contributed by atoms with E-state index in [1.165, 1.54) is 18.3 Å². The zero-order valence-electron chi connectivity index (χ0n) is 16.4. The number of nitrogens with zero attached hydrogens (tertiary/aromatic N) is 4. The van der Waals surface area contributed by atoms with Crippen LogP contribution >= 0.6 is 0 Å². The van der Waals surface area contributed by atoms with Crippen LogP contribution in [0.3, 0.4) is 0 Å². The third kappa shape index (κ3) is 4.03. The fraction of sp³-hybridized carbons (Fsp3) is 0.333. The highest BCUT2D eigenvalue weighted by Crippen LogP contribution is 2.35. The van der Waals surface area contributed by atoms with E-state index in [1.807, 2.05) is 0 Å². The van der Waals surface area contributed by atoms with Gasteiger partial charge in [0, 0.05) is 17.9 Å². The number of carbonyl (C=O) groups excluding carboxylic acids is 1. The first-order chi connectivity index (χ1) is 14.8. The van der Waals surface area contributed by atoms with Gasteiger partial charge in [-0.1, -0.05) is 0 Å². The Morgan fingerprint density at radius 3 is 2.61 bits per heavy atom. The van der Waals surface area contributed by atoms with Crippen molar-refractivity contribution in [1.29, 1.82) is 5.26 Å². The number of nitrogens with one attached hydrogen (secondary N) is 1. The van der Waals surface area contributed by atoms with Crippen molar-refractivity contribution in [2.75, 3.05) is 5.32 Å².